The van der Waals surface area contributed by atoms with Crippen molar-refractivity contribution in [3.63, 3.8) is 0 Å². The molecule has 0 atom stereocenters. The van der Waals surface area contributed by atoms with Crippen LogP contribution in [0.1, 0.15) is 45.1 Å². The molecule has 112 valence electrons. The minimum Gasteiger partial charge on any atom is -0.462 e. The lowest BCUT2D eigenvalue weighted by Crippen LogP contribution is -2.26. The van der Waals surface area contributed by atoms with Crippen LogP contribution in [-0.4, -0.2) is 25.2 Å². The van der Waals surface area contributed by atoms with Gasteiger partial charge in [-0.25, -0.2) is 0 Å². The Morgan fingerprint density at radius 1 is 1.20 bits per heavy atom. The fourth-order valence-electron chi connectivity index (χ4n) is 2.03. The van der Waals surface area contributed by atoms with E-state index in [4.69, 9.17) is 11.6 Å². The fraction of sp³-hybridized carbons (Fsp3) is 0.562. The van der Waals surface area contributed by atoms with E-state index in [0.717, 1.165) is 24.0 Å². The molecular formula is C16H24ClNO2. The van der Waals surface area contributed by atoms with Crippen LogP contribution in [0.4, 0.5) is 0 Å². The number of carbonyl (C=O) groups is 1. The van der Waals surface area contributed by atoms with Crippen molar-refractivity contribution in [3.05, 3.63) is 34.9 Å². The molecule has 0 spiro atoms. The summed E-state index contributed by atoms with van der Waals surface area (Å²) in [4.78, 5) is 9.60. The Kier molecular flexibility index (Phi) is 7.03. The van der Waals surface area contributed by atoms with Gasteiger partial charge in [0.2, 0.25) is 0 Å². The topological polar surface area (TPSA) is 38.3 Å². The van der Waals surface area contributed by atoms with Gasteiger partial charge in [0.15, 0.2) is 0 Å². The van der Waals surface area contributed by atoms with Crippen molar-refractivity contribution in [2.24, 2.45) is 0 Å². The molecule has 1 aromatic carbocycles. The van der Waals surface area contributed by atoms with Crippen LogP contribution >= 0.6 is 11.6 Å². The van der Waals surface area contributed by atoms with E-state index in [1.165, 1.54) is 18.4 Å². The van der Waals surface area contributed by atoms with Gasteiger partial charge in [-0.1, -0.05) is 23.7 Å². The average molecular weight is 298 g/mol. The molecule has 0 radical (unpaired) electrons. The van der Waals surface area contributed by atoms with E-state index in [2.05, 4.69) is 22.2 Å². The minimum absolute atomic E-state index is 0.318. The standard InChI is InChI=1S/C11H14ClN.C5H10O2/c12-11-3-1-9(2-4-11)10-5-7-13-8-6-10;1-5(2,3)7-4-6/h1-4,10,13H,5-8H2;4H,1-3H3. The number of nitrogens with one attached hydrogen (secondary N) is 1. The molecule has 2 rings (SSSR count). The SMILES string of the molecule is CC(C)(C)OC=O.Clc1ccc(C2CCNCC2)cc1. The highest BCUT2D eigenvalue weighted by molar-refractivity contribution is 6.30. The first-order valence-corrected chi connectivity index (χ1v) is 7.38. The van der Waals surface area contributed by atoms with Crippen molar-refractivity contribution in [1.29, 1.82) is 0 Å². The zero-order valence-electron chi connectivity index (χ0n) is 12.5. The van der Waals surface area contributed by atoms with Crippen LogP contribution in [0, 0.1) is 0 Å². The molecule has 0 bridgehead atoms. The van der Waals surface area contributed by atoms with Gasteiger partial charge in [0.05, 0.1) is 0 Å². The molecular weight excluding hydrogens is 274 g/mol. The van der Waals surface area contributed by atoms with Gasteiger partial charge in [-0.15, -0.1) is 0 Å². The number of ether oxygens (including phenoxy) is 1. The van der Waals surface area contributed by atoms with Crippen LogP contribution in [-0.2, 0) is 9.53 Å². The third-order valence-electron chi connectivity index (χ3n) is 3.08. The molecule has 1 aromatic rings. The number of benzene rings is 1. The van der Waals surface area contributed by atoms with Crippen molar-refractivity contribution in [2.45, 2.75) is 45.1 Å². The maximum absolute atomic E-state index is 9.60. The fourth-order valence-corrected chi connectivity index (χ4v) is 2.16. The molecule has 1 saturated heterocycles. The van der Waals surface area contributed by atoms with Gasteiger partial charge in [0.25, 0.3) is 6.47 Å². The molecule has 1 N–H and O–H groups in total. The van der Waals surface area contributed by atoms with Crippen molar-refractivity contribution >= 4 is 18.1 Å². The molecule has 4 heteroatoms. The minimum atomic E-state index is -0.318. The lowest BCUT2D eigenvalue weighted by atomic mass is 9.90. The molecule has 0 saturated carbocycles. The third kappa shape index (κ3) is 6.92. The number of rotatable bonds is 2. The van der Waals surface area contributed by atoms with E-state index in [-0.39, 0.29) is 5.60 Å². The second-order valence-corrected chi connectivity index (χ2v) is 6.34. The Labute approximate surface area is 126 Å². The second kappa shape index (κ2) is 8.28. The molecule has 1 heterocycles. The molecule has 0 aromatic heterocycles. The van der Waals surface area contributed by atoms with E-state index < -0.39 is 0 Å². The summed E-state index contributed by atoms with van der Waals surface area (Å²) in [5.41, 5.74) is 1.12. The first kappa shape index (κ1) is 17.0. The summed E-state index contributed by atoms with van der Waals surface area (Å²) < 4.78 is 4.55. The quantitative estimate of drug-likeness (QED) is 0.845. The van der Waals surface area contributed by atoms with Crippen LogP contribution in [0.3, 0.4) is 0 Å². The highest BCUT2D eigenvalue weighted by Crippen LogP contribution is 2.25. The zero-order chi connectivity index (χ0) is 15.0. The lowest BCUT2D eigenvalue weighted by molar-refractivity contribution is -0.138. The molecule has 0 aliphatic carbocycles. The first-order chi connectivity index (χ1) is 9.42. The summed E-state index contributed by atoms with van der Waals surface area (Å²) in [6.07, 6.45) is 2.50. The smallest absolute Gasteiger partial charge is 0.293 e. The Bertz CT molecular complexity index is 392. The maximum Gasteiger partial charge on any atom is 0.293 e. The van der Waals surface area contributed by atoms with Crippen LogP contribution in [0.2, 0.25) is 5.02 Å². The van der Waals surface area contributed by atoms with Crippen LogP contribution in [0.5, 0.6) is 0 Å². The normalized spacial score (nSPS) is 16.0. The summed E-state index contributed by atoms with van der Waals surface area (Å²) in [6, 6.07) is 8.27. The first-order valence-electron chi connectivity index (χ1n) is 7.00. The van der Waals surface area contributed by atoms with Crippen molar-refractivity contribution in [3.8, 4) is 0 Å². The van der Waals surface area contributed by atoms with Crippen LogP contribution in [0.25, 0.3) is 0 Å². The predicted molar refractivity (Wildman–Crippen MR) is 83.2 cm³/mol. The van der Waals surface area contributed by atoms with Gasteiger partial charge < -0.3 is 10.1 Å². The van der Waals surface area contributed by atoms with Gasteiger partial charge in [0, 0.05) is 5.02 Å². The van der Waals surface area contributed by atoms with Crippen molar-refractivity contribution in [1.82, 2.24) is 5.32 Å². The lowest BCUT2D eigenvalue weighted by Gasteiger charge is -2.22. The zero-order valence-corrected chi connectivity index (χ0v) is 13.2. The summed E-state index contributed by atoms with van der Waals surface area (Å²) in [5, 5.41) is 4.20. The van der Waals surface area contributed by atoms with E-state index in [1.54, 1.807) is 0 Å². The predicted octanol–water partition coefficient (Wildman–Crippen LogP) is 3.76. The van der Waals surface area contributed by atoms with Crippen LogP contribution < -0.4 is 5.32 Å². The Morgan fingerprint density at radius 2 is 1.75 bits per heavy atom. The average Bonchev–Trinajstić information content (AvgIpc) is 2.40. The summed E-state index contributed by atoms with van der Waals surface area (Å²) in [7, 11) is 0. The molecule has 1 fully saturated rings. The van der Waals surface area contributed by atoms with Crippen LogP contribution in [0.15, 0.2) is 24.3 Å². The van der Waals surface area contributed by atoms with E-state index in [0.29, 0.717) is 6.47 Å². The molecule has 3 nitrogen and oxygen atoms in total. The summed E-state index contributed by atoms with van der Waals surface area (Å²) in [5.74, 6) is 0.735. The molecule has 1 aliphatic heterocycles. The molecule has 0 unspecified atom stereocenters. The number of hydrogen-bond donors (Lipinski definition) is 1. The number of piperidine rings is 1. The van der Waals surface area contributed by atoms with Gasteiger partial charge in [-0.2, -0.15) is 0 Å². The third-order valence-corrected chi connectivity index (χ3v) is 3.33. The second-order valence-electron chi connectivity index (χ2n) is 5.90. The highest BCUT2D eigenvalue weighted by Gasteiger charge is 2.14. The van der Waals surface area contributed by atoms with Crippen molar-refractivity contribution < 1.29 is 9.53 Å². The number of hydrogen-bond acceptors (Lipinski definition) is 3. The maximum atomic E-state index is 9.60. The summed E-state index contributed by atoms with van der Waals surface area (Å²) >= 11 is 5.84. The molecule has 0 amide bonds. The highest BCUT2D eigenvalue weighted by atomic mass is 35.5. The molecule has 1 aliphatic rings. The van der Waals surface area contributed by atoms with Gasteiger partial charge in [0.1, 0.15) is 5.60 Å². The number of halogens is 1. The largest absolute Gasteiger partial charge is 0.462 e. The van der Waals surface area contributed by atoms with Gasteiger partial charge in [-0.05, 0) is 70.3 Å². The van der Waals surface area contributed by atoms with E-state index >= 15 is 0 Å². The van der Waals surface area contributed by atoms with E-state index in [9.17, 15) is 4.79 Å². The Morgan fingerprint density at radius 3 is 2.15 bits per heavy atom. The van der Waals surface area contributed by atoms with Gasteiger partial charge >= 0.3 is 0 Å². The van der Waals surface area contributed by atoms with Crippen molar-refractivity contribution in [2.75, 3.05) is 13.1 Å². The molecule has 20 heavy (non-hydrogen) atoms. The van der Waals surface area contributed by atoms with Gasteiger partial charge in [-0.3, -0.25) is 4.79 Å². The monoisotopic (exact) mass is 297 g/mol. The summed E-state index contributed by atoms with van der Waals surface area (Å²) in [6.45, 7) is 8.21. The Balaban J connectivity index is 0.000000246. The van der Waals surface area contributed by atoms with E-state index in [1.807, 2.05) is 32.9 Å². The Hall–Kier alpha value is -1.06. The number of carbonyl (C=O) groups excluding carboxylic acids is 1.